The Balaban J connectivity index is 1.70. The van der Waals surface area contributed by atoms with E-state index in [9.17, 15) is 18.4 Å². The highest BCUT2D eigenvalue weighted by Crippen LogP contribution is 2.24. The molecule has 2 heterocycles. The summed E-state index contributed by atoms with van der Waals surface area (Å²) in [4.78, 5) is 27.5. The summed E-state index contributed by atoms with van der Waals surface area (Å²) in [5, 5.41) is 4.15. The van der Waals surface area contributed by atoms with Crippen LogP contribution in [0.4, 0.5) is 8.78 Å². The average molecular weight is 427 g/mol. The molecule has 1 aromatic carbocycles. The lowest BCUT2D eigenvalue weighted by Gasteiger charge is -2.37. The third-order valence-electron chi connectivity index (χ3n) is 4.39. The third kappa shape index (κ3) is 3.68. The Morgan fingerprint density at radius 3 is 2.50 bits per heavy atom. The number of aldehydes is 1. The number of nitrogens with zero attached hydrogens (tertiary/aromatic N) is 4. The maximum atomic E-state index is 14.0. The number of benzene rings is 1. The number of amides is 1. The van der Waals surface area contributed by atoms with Gasteiger partial charge in [-0.3, -0.25) is 14.4 Å². The van der Waals surface area contributed by atoms with Gasteiger partial charge in [-0.15, -0.1) is 0 Å². The number of hydrogen-bond acceptors (Lipinski definition) is 4. The maximum Gasteiger partial charge on any atom is 0.275 e. The van der Waals surface area contributed by atoms with E-state index in [4.69, 9.17) is 0 Å². The smallest absolute Gasteiger partial charge is 0.275 e. The molecule has 2 aromatic rings. The second-order valence-electron chi connectivity index (χ2n) is 6.07. The minimum absolute atomic E-state index is 0.133. The van der Waals surface area contributed by atoms with Crippen molar-refractivity contribution in [2.24, 2.45) is 7.05 Å². The zero-order chi connectivity index (χ0) is 18.8. The van der Waals surface area contributed by atoms with Gasteiger partial charge in [0.05, 0.1) is 10.5 Å². The minimum atomic E-state index is -0.811. The van der Waals surface area contributed by atoms with Crippen LogP contribution in [0.3, 0.4) is 0 Å². The van der Waals surface area contributed by atoms with Gasteiger partial charge in [0.15, 0.2) is 5.69 Å². The first kappa shape index (κ1) is 18.7. The van der Waals surface area contributed by atoms with Crippen molar-refractivity contribution in [1.29, 1.82) is 0 Å². The van der Waals surface area contributed by atoms with Crippen LogP contribution in [-0.2, 0) is 11.8 Å². The van der Waals surface area contributed by atoms with Crippen molar-refractivity contribution < 1.29 is 18.4 Å². The number of halogens is 3. The number of aromatic nitrogens is 2. The summed E-state index contributed by atoms with van der Waals surface area (Å²) in [5.74, 6) is -1.64. The van der Waals surface area contributed by atoms with E-state index in [1.54, 1.807) is 27.7 Å². The van der Waals surface area contributed by atoms with Crippen molar-refractivity contribution in [3.63, 3.8) is 0 Å². The van der Waals surface area contributed by atoms with Gasteiger partial charge in [-0.1, -0.05) is 6.07 Å². The molecule has 0 aliphatic carbocycles. The van der Waals surface area contributed by atoms with Gasteiger partial charge in [-0.2, -0.15) is 5.10 Å². The quantitative estimate of drug-likeness (QED) is 0.702. The SMILES string of the molecule is Cn1cc(Br)c(C(=O)N2CCN([C@H](C=O)c3ccc(F)cc3F)CC2)n1. The molecule has 1 amide bonds. The van der Waals surface area contributed by atoms with E-state index in [-0.39, 0.29) is 11.5 Å². The summed E-state index contributed by atoms with van der Waals surface area (Å²) in [6, 6.07) is 2.37. The Bertz CT molecular complexity index is 834. The Morgan fingerprint density at radius 1 is 1.27 bits per heavy atom. The third-order valence-corrected chi connectivity index (χ3v) is 4.97. The van der Waals surface area contributed by atoms with Crippen molar-refractivity contribution in [2.75, 3.05) is 26.2 Å². The molecule has 3 rings (SSSR count). The molecule has 0 spiro atoms. The van der Waals surface area contributed by atoms with E-state index >= 15 is 0 Å². The Hall–Kier alpha value is -2.13. The van der Waals surface area contributed by atoms with Crippen molar-refractivity contribution in [2.45, 2.75) is 6.04 Å². The van der Waals surface area contributed by atoms with Crippen molar-refractivity contribution in [3.8, 4) is 0 Å². The minimum Gasteiger partial charge on any atom is -0.335 e. The van der Waals surface area contributed by atoms with Gasteiger partial charge in [-0.25, -0.2) is 8.78 Å². The van der Waals surface area contributed by atoms with Crippen LogP contribution < -0.4 is 0 Å². The van der Waals surface area contributed by atoms with Gasteiger partial charge in [0.1, 0.15) is 17.9 Å². The van der Waals surface area contributed by atoms with E-state index in [1.165, 1.54) is 6.07 Å². The number of piperazine rings is 1. The maximum absolute atomic E-state index is 14.0. The van der Waals surface area contributed by atoms with Gasteiger partial charge < -0.3 is 9.69 Å². The summed E-state index contributed by atoms with van der Waals surface area (Å²) in [5.41, 5.74) is 0.464. The van der Waals surface area contributed by atoms with Gasteiger partial charge in [-0.05, 0) is 22.0 Å². The van der Waals surface area contributed by atoms with Crippen LogP contribution in [0.25, 0.3) is 0 Å². The topological polar surface area (TPSA) is 58.4 Å². The number of hydrogen-bond donors (Lipinski definition) is 0. The molecule has 1 aromatic heterocycles. The second-order valence-corrected chi connectivity index (χ2v) is 6.93. The number of carbonyl (C=O) groups excluding carboxylic acids is 2. The van der Waals surface area contributed by atoms with E-state index in [0.717, 1.165) is 12.1 Å². The first-order chi connectivity index (χ1) is 12.4. The molecule has 6 nitrogen and oxygen atoms in total. The highest BCUT2D eigenvalue weighted by Gasteiger charge is 2.30. The molecule has 1 aliphatic heterocycles. The van der Waals surface area contributed by atoms with Gasteiger partial charge in [0, 0.05) is 51.1 Å². The largest absolute Gasteiger partial charge is 0.335 e. The molecular weight excluding hydrogens is 410 g/mol. The Morgan fingerprint density at radius 2 is 1.96 bits per heavy atom. The summed E-state index contributed by atoms with van der Waals surface area (Å²) in [6.07, 6.45) is 2.34. The molecule has 0 radical (unpaired) electrons. The predicted molar refractivity (Wildman–Crippen MR) is 93.5 cm³/mol. The Labute approximate surface area is 157 Å². The lowest BCUT2D eigenvalue weighted by atomic mass is 10.0. The molecular formula is C17H17BrF2N4O2. The number of aryl methyl sites for hydroxylation is 1. The fraction of sp³-hybridized carbons (Fsp3) is 0.353. The van der Waals surface area contributed by atoms with Crippen LogP contribution in [0.2, 0.25) is 0 Å². The molecule has 26 heavy (non-hydrogen) atoms. The van der Waals surface area contributed by atoms with Crippen molar-refractivity contribution in [1.82, 2.24) is 19.6 Å². The number of carbonyl (C=O) groups is 2. The predicted octanol–water partition coefficient (Wildman–Crippen LogP) is 2.16. The average Bonchev–Trinajstić information content (AvgIpc) is 2.95. The summed E-state index contributed by atoms with van der Waals surface area (Å²) >= 11 is 3.32. The lowest BCUT2D eigenvalue weighted by Crippen LogP contribution is -2.50. The Kier molecular flexibility index (Phi) is 5.47. The first-order valence-electron chi connectivity index (χ1n) is 8.03. The highest BCUT2D eigenvalue weighted by molar-refractivity contribution is 9.10. The second kappa shape index (κ2) is 7.63. The normalized spacial score (nSPS) is 16.5. The summed E-state index contributed by atoms with van der Waals surface area (Å²) in [7, 11) is 1.73. The first-order valence-corrected chi connectivity index (χ1v) is 8.82. The molecule has 1 fully saturated rings. The van der Waals surface area contributed by atoms with Crippen LogP contribution in [0.1, 0.15) is 22.1 Å². The number of rotatable bonds is 4. The molecule has 1 aliphatic rings. The van der Waals surface area contributed by atoms with E-state index in [0.29, 0.717) is 42.6 Å². The fourth-order valence-corrected chi connectivity index (χ4v) is 3.60. The molecule has 0 N–H and O–H groups in total. The monoisotopic (exact) mass is 426 g/mol. The lowest BCUT2D eigenvalue weighted by molar-refractivity contribution is -0.113. The molecule has 9 heteroatoms. The molecule has 0 unspecified atom stereocenters. The van der Waals surface area contributed by atoms with Crippen LogP contribution in [0.5, 0.6) is 0 Å². The van der Waals surface area contributed by atoms with Gasteiger partial charge >= 0.3 is 0 Å². The zero-order valence-electron chi connectivity index (χ0n) is 14.0. The molecule has 1 atom stereocenters. The van der Waals surface area contributed by atoms with Crippen LogP contribution in [0, 0.1) is 11.6 Å². The molecule has 0 saturated carbocycles. The summed E-state index contributed by atoms with van der Waals surface area (Å²) < 4.78 is 29.3. The van der Waals surface area contributed by atoms with E-state index < -0.39 is 17.7 Å². The fourth-order valence-electron chi connectivity index (χ4n) is 3.05. The highest BCUT2D eigenvalue weighted by atomic mass is 79.9. The van der Waals surface area contributed by atoms with E-state index in [2.05, 4.69) is 21.0 Å². The standard InChI is InChI=1S/C17H17BrF2N4O2/c1-22-9-13(18)16(21-22)17(26)24-6-4-23(5-7-24)15(10-25)12-3-2-11(19)8-14(12)20/h2-3,8-10,15H,4-7H2,1H3/t15-/m1/s1. The van der Waals surface area contributed by atoms with Crippen molar-refractivity contribution >= 4 is 28.1 Å². The molecule has 138 valence electrons. The van der Waals surface area contributed by atoms with Crippen molar-refractivity contribution in [3.05, 3.63) is 51.8 Å². The molecule has 1 saturated heterocycles. The van der Waals surface area contributed by atoms with Gasteiger partial charge in [0.2, 0.25) is 0 Å². The van der Waals surface area contributed by atoms with Crippen LogP contribution in [0.15, 0.2) is 28.9 Å². The van der Waals surface area contributed by atoms with E-state index in [1.807, 2.05) is 0 Å². The summed E-state index contributed by atoms with van der Waals surface area (Å²) in [6.45, 7) is 1.57. The molecule has 0 bridgehead atoms. The van der Waals surface area contributed by atoms with Crippen LogP contribution in [-0.4, -0.2) is 58.0 Å². The van der Waals surface area contributed by atoms with Crippen LogP contribution >= 0.6 is 15.9 Å². The van der Waals surface area contributed by atoms with Gasteiger partial charge in [0.25, 0.3) is 5.91 Å². The zero-order valence-corrected chi connectivity index (χ0v) is 15.6.